The van der Waals surface area contributed by atoms with E-state index in [-0.39, 0.29) is 0 Å². The molecule has 94 valence electrons. The zero-order valence-electron chi connectivity index (χ0n) is 10.5. The summed E-state index contributed by atoms with van der Waals surface area (Å²) in [4.78, 5) is 0. The van der Waals surface area contributed by atoms with Crippen molar-refractivity contribution in [2.45, 2.75) is 55.4 Å². The molecule has 1 saturated heterocycles. The average Bonchev–Trinajstić information content (AvgIpc) is 2.23. The monoisotopic (exact) mass is 260 g/mol. The Kier molecular flexibility index (Phi) is 6.26. The number of hydrogen-bond acceptors (Lipinski definition) is 4. The van der Waals surface area contributed by atoms with Gasteiger partial charge >= 0.3 is 0 Å². The van der Waals surface area contributed by atoms with Crippen LogP contribution in [-0.4, -0.2) is 27.5 Å². The van der Waals surface area contributed by atoms with E-state index in [2.05, 4.69) is 56.3 Å². The summed E-state index contributed by atoms with van der Waals surface area (Å²) in [6.45, 7) is 10.7. The van der Waals surface area contributed by atoms with Crippen LogP contribution >= 0.6 is 23.5 Å². The van der Waals surface area contributed by atoms with Crippen molar-refractivity contribution in [1.82, 2.24) is 5.43 Å². The van der Waals surface area contributed by atoms with Gasteiger partial charge in [0.2, 0.25) is 0 Å². The van der Waals surface area contributed by atoms with Crippen LogP contribution < -0.4 is 11.3 Å². The smallest absolute Gasteiger partial charge is 0.0340 e. The maximum Gasteiger partial charge on any atom is 0.0340 e. The van der Waals surface area contributed by atoms with E-state index < -0.39 is 0 Å². The first kappa shape index (κ1) is 14.4. The van der Waals surface area contributed by atoms with Gasteiger partial charge in [-0.05, 0) is 19.8 Å². The number of nitrogens with one attached hydrogen (secondary N) is 1. The molecule has 4 atom stereocenters. The first-order valence-electron chi connectivity index (χ1n) is 5.92. The number of allylic oxidation sites excluding steroid dienone is 1. The molecule has 1 heterocycles. The van der Waals surface area contributed by atoms with Crippen LogP contribution in [0.3, 0.4) is 0 Å². The van der Waals surface area contributed by atoms with Crippen molar-refractivity contribution in [1.29, 1.82) is 0 Å². The van der Waals surface area contributed by atoms with Gasteiger partial charge in [-0.15, -0.1) is 6.58 Å². The third-order valence-corrected chi connectivity index (χ3v) is 6.67. The fourth-order valence-electron chi connectivity index (χ4n) is 1.80. The molecule has 1 aliphatic heterocycles. The van der Waals surface area contributed by atoms with E-state index >= 15 is 0 Å². The highest BCUT2D eigenvalue weighted by atomic mass is 32.2. The molecule has 0 bridgehead atoms. The van der Waals surface area contributed by atoms with Crippen LogP contribution in [0.25, 0.3) is 0 Å². The normalized spacial score (nSPS) is 32.4. The van der Waals surface area contributed by atoms with Crippen molar-refractivity contribution in [2.75, 3.05) is 5.75 Å². The fraction of sp³-hybridized carbons (Fsp3) is 0.833. The first-order chi connectivity index (χ1) is 7.54. The number of hydrazine groups is 1. The van der Waals surface area contributed by atoms with Gasteiger partial charge in [-0.1, -0.05) is 19.4 Å². The third-order valence-electron chi connectivity index (χ3n) is 3.12. The zero-order chi connectivity index (χ0) is 12.1. The molecule has 0 spiro atoms. The SMILES string of the molecule is C=C(C)CCC(NN)C1CSC(C)C(C)S1. The van der Waals surface area contributed by atoms with Gasteiger partial charge in [-0.2, -0.15) is 23.5 Å². The van der Waals surface area contributed by atoms with Crippen LogP contribution in [0.4, 0.5) is 0 Å². The second-order valence-electron chi connectivity index (χ2n) is 4.69. The molecular weight excluding hydrogens is 236 g/mol. The van der Waals surface area contributed by atoms with Crippen LogP contribution in [0.1, 0.15) is 33.6 Å². The molecule has 4 heteroatoms. The lowest BCUT2D eigenvalue weighted by atomic mass is 10.1. The predicted octanol–water partition coefficient (Wildman–Crippen LogP) is 2.80. The quantitative estimate of drug-likeness (QED) is 0.453. The summed E-state index contributed by atoms with van der Waals surface area (Å²) in [5, 5.41) is 2.13. The molecule has 3 N–H and O–H groups in total. The van der Waals surface area contributed by atoms with Crippen molar-refractivity contribution in [3.8, 4) is 0 Å². The number of nitrogens with two attached hydrogens (primary N) is 1. The molecule has 0 aliphatic carbocycles. The maximum atomic E-state index is 5.67. The van der Waals surface area contributed by atoms with Crippen molar-refractivity contribution in [3.05, 3.63) is 12.2 Å². The molecule has 0 amide bonds. The molecule has 16 heavy (non-hydrogen) atoms. The Morgan fingerprint density at radius 3 is 2.69 bits per heavy atom. The van der Waals surface area contributed by atoms with Crippen molar-refractivity contribution in [2.24, 2.45) is 5.84 Å². The van der Waals surface area contributed by atoms with Gasteiger partial charge < -0.3 is 0 Å². The van der Waals surface area contributed by atoms with E-state index in [1.54, 1.807) is 0 Å². The maximum absolute atomic E-state index is 5.67. The molecule has 0 saturated carbocycles. The molecule has 0 radical (unpaired) electrons. The minimum Gasteiger partial charge on any atom is -0.271 e. The lowest BCUT2D eigenvalue weighted by molar-refractivity contribution is 0.490. The van der Waals surface area contributed by atoms with E-state index in [1.807, 2.05) is 0 Å². The molecule has 0 aromatic rings. The van der Waals surface area contributed by atoms with Crippen molar-refractivity contribution in [3.63, 3.8) is 0 Å². The molecule has 0 aromatic heterocycles. The Bertz CT molecular complexity index is 233. The molecular formula is C12H24N2S2. The van der Waals surface area contributed by atoms with Gasteiger partial charge in [0.25, 0.3) is 0 Å². The standard InChI is InChI=1S/C12H24N2S2/c1-8(2)5-6-11(14-13)12-7-15-9(3)10(4)16-12/h9-12,14H,1,5-7,13H2,2-4H3. The summed E-state index contributed by atoms with van der Waals surface area (Å²) < 4.78 is 0. The van der Waals surface area contributed by atoms with Crippen molar-refractivity contribution < 1.29 is 0 Å². The molecule has 4 unspecified atom stereocenters. The molecule has 0 aromatic carbocycles. The van der Waals surface area contributed by atoms with Gasteiger partial charge in [-0.3, -0.25) is 11.3 Å². The molecule has 1 rings (SSSR count). The van der Waals surface area contributed by atoms with Crippen LogP contribution in [0.5, 0.6) is 0 Å². The number of hydrogen-bond donors (Lipinski definition) is 2. The number of rotatable bonds is 5. The zero-order valence-corrected chi connectivity index (χ0v) is 12.2. The van der Waals surface area contributed by atoms with Gasteiger partial charge in [-0.25, -0.2) is 0 Å². The first-order valence-corrected chi connectivity index (χ1v) is 7.91. The van der Waals surface area contributed by atoms with Crippen LogP contribution in [0.2, 0.25) is 0 Å². The molecule has 1 aliphatic rings. The van der Waals surface area contributed by atoms with Crippen LogP contribution in [0, 0.1) is 0 Å². The summed E-state index contributed by atoms with van der Waals surface area (Å²) in [6, 6.07) is 0.421. The Morgan fingerprint density at radius 1 is 1.50 bits per heavy atom. The highest BCUT2D eigenvalue weighted by Gasteiger charge is 2.30. The van der Waals surface area contributed by atoms with Gasteiger partial charge in [0, 0.05) is 27.5 Å². The Hall–Kier alpha value is 0.360. The van der Waals surface area contributed by atoms with E-state index in [9.17, 15) is 0 Å². The minimum absolute atomic E-state index is 0.421. The summed E-state index contributed by atoms with van der Waals surface area (Å²) in [6.07, 6.45) is 2.17. The number of thioether (sulfide) groups is 2. The Balaban J connectivity index is 2.43. The second-order valence-corrected chi connectivity index (χ2v) is 7.72. The van der Waals surface area contributed by atoms with Gasteiger partial charge in [0.1, 0.15) is 0 Å². The predicted molar refractivity (Wildman–Crippen MR) is 77.9 cm³/mol. The topological polar surface area (TPSA) is 38.0 Å². The summed E-state index contributed by atoms with van der Waals surface area (Å²) in [5.41, 5.74) is 4.23. The fourth-order valence-corrected chi connectivity index (χ4v) is 4.95. The van der Waals surface area contributed by atoms with Crippen LogP contribution in [0.15, 0.2) is 12.2 Å². The summed E-state index contributed by atoms with van der Waals surface area (Å²) in [5.74, 6) is 6.88. The lowest BCUT2D eigenvalue weighted by Crippen LogP contribution is -2.46. The minimum atomic E-state index is 0.421. The Morgan fingerprint density at radius 2 is 2.19 bits per heavy atom. The van der Waals surface area contributed by atoms with Crippen molar-refractivity contribution >= 4 is 23.5 Å². The second kappa shape index (κ2) is 6.94. The lowest BCUT2D eigenvalue weighted by Gasteiger charge is -2.35. The summed E-state index contributed by atoms with van der Waals surface area (Å²) >= 11 is 4.16. The average molecular weight is 260 g/mol. The molecule has 2 nitrogen and oxygen atoms in total. The molecule has 1 fully saturated rings. The van der Waals surface area contributed by atoms with E-state index in [0.717, 1.165) is 23.3 Å². The summed E-state index contributed by atoms with van der Waals surface area (Å²) in [7, 11) is 0. The highest BCUT2D eigenvalue weighted by molar-refractivity contribution is 8.07. The Labute approximate surface area is 108 Å². The highest BCUT2D eigenvalue weighted by Crippen LogP contribution is 2.37. The van der Waals surface area contributed by atoms with E-state index in [0.29, 0.717) is 11.3 Å². The van der Waals surface area contributed by atoms with E-state index in [4.69, 9.17) is 5.84 Å². The van der Waals surface area contributed by atoms with Crippen LogP contribution in [-0.2, 0) is 0 Å². The van der Waals surface area contributed by atoms with E-state index in [1.165, 1.54) is 11.3 Å². The van der Waals surface area contributed by atoms with Gasteiger partial charge in [0.15, 0.2) is 0 Å². The third kappa shape index (κ3) is 4.32. The largest absolute Gasteiger partial charge is 0.271 e. The van der Waals surface area contributed by atoms with Gasteiger partial charge in [0.05, 0.1) is 0 Å².